The van der Waals surface area contributed by atoms with E-state index in [0.717, 1.165) is 0 Å². The smallest absolute Gasteiger partial charge is 0.270 e. The maximum atomic E-state index is 11.4. The molecule has 0 aromatic carbocycles. The fourth-order valence-corrected chi connectivity index (χ4v) is 2.14. The van der Waals surface area contributed by atoms with Gasteiger partial charge in [-0.1, -0.05) is 12.8 Å². The molecule has 0 radical (unpaired) electrons. The lowest BCUT2D eigenvalue weighted by molar-refractivity contribution is -0.0531. The van der Waals surface area contributed by atoms with Crippen LogP contribution in [0.2, 0.25) is 0 Å². The predicted octanol–water partition coefficient (Wildman–Crippen LogP) is -1.64. The van der Waals surface area contributed by atoms with Crippen LogP contribution < -0.4 is 5.73 Å². The van der Waals surface area contributed by atoms with Crippen molar-refractivity contribution < 1.29 is 24.9 Å². The zero-order chi connectivity index (χ0) is 15.6. The molecule has 8 nitrogen and oxygen atoms in total. The summed E-state index contributed by atoms with van der Waals surface area (Å²) in [6.07, 6.45) is -2.62. The lowest BCUT2D eigenvalue weighted by atomic mass is 10.1. The van der Waals surface area contributed by atoms with Crippen molar-refractivity contribution in [3.63, 3.8) is 0 Å². The summed E-state index contributed by atoms with van der Waals surface area (Å²) in [4.78, 5) is 15.2. The third-order valence-electron chi connectivity index (χ3n) is 3.20. The van der Waals surface area contributed by atoms with Gasteiger partial charge in [0.15, 0.2) is 11.9 Å². The minimum absolute atomic E-state index is 0.0336. The van der Waals surface area contributed by atoms with Crippen molar-refractivity contribution in [2.24, 2.45) is 5.73 Å². The molecule has 1 amide bonds. The lowest BCUT2D eigenvalue weighted by Crippen LogP contribution is -2.33. The van der Waals surface area contributed by atoms with E-state index in [1.54, 1.807) is 0 Å². The van der Waals surface area contributed by atoms with E-state index >= 15 is 0 Å². The molecule has 2 heterocycles. The normalized spacial score (nSPS) is 28.2. The third-order valence-corrected chi connectivity index (χ3v) is 3.20. The number of nitrogens with two attached hydrogens (primary N) is 1. The Kier molecular flexibility index (Phi) is 4.59. The SMILES string of the molecule is CCC#Cc1c(C(N)=O)ncn1[C@@H]1O[C@H](CO)[C@@H](O)[C@H]1O. The quantitative estimate of drug-likeness (QED) is 0.494. The molecule has 8 heteroatoms. The molecule has 1 saturated heterocycles. The molecule has 5 N–H and O–H groups in total. The maximum absolute atomic E-state index is 11.4. The van der Waals surface area contributed by atoms with Gasteiger partial charge in [-0.3, -0.25) is 9.36 Å². The second-order valence-electron chi connectivity index (χ2n) is 4.60. The molecular formula is C13H17N3O5. The van der Waals surface area contributed by atoms with Crippen LogP contribution in [0.4, 0.5) is 0 Å². The number of ether oxygens (including phenoxy) is 1. The van der Waals surface area contributed by atoms with Crippen LogP contribution in [-0.4, -0.2) is 55.7 Å². The summed E-state index contributed by atoms with van der Waals surface area (Å²) < 4.78 is 6.73. The van der Waals surface area contributed by atoms with Crippen molar-refractivity contribution in [1.82, 2.24) is 9.55 Å². The molecule has 0 bridgehead atoms. The highest BCUT2D eigenvalue weighted by atomic mass is 16.6. The molecule has 1 fully saturated rings. The molecule has 1 aliphatic rings. The largest absolute Gasteiger partial charge is 0.394 e. The minimum atomic E-state index is -1.28. The number of hydrogen-bond donors (Lipinski definition) is 4. The third kappa shape index (κ3) is 2.77. The van der Waals surface area contributed by atoms with E-state index in [-0.39, 0.29) is 11.4 Å². The summed E-state index contributed by atoms with van der Waals surface area (Å²) in [5, 5.41) is 28.9. The second-order valence-corrected chi connectivity index (χ2v) is 4.60. The molecule has 2 rings (SSSR count). The molecular weight excluding hydrogens is 278 g/mol. The van der Waals surface area contributed by atoms with Crippen LogP contribution in [-0.2, 0) is 4.74 Å². The number of aliphatic hydroxyl groups is 3. The highest BCUT2D eigenvalue weighted by Gasteiger charge is 2.44. The predicted molar refractivity (Wildman–Crippen MR) is 70.9 cm³/mol. The first-order valence-corrected chi connectivity index (χ1v) is 6.49. The number of hydrogen-bond acceptors (Lipinski definition) is 6. The number of carbonyl (C=O) groups excluding carboxylic acids is 1. The Morgan fingerprint density at radius 1 is 1.52 bits per heavy atom. The maximum Gasteiger partial charge on any atom is 0.270 e. The van der Waals surface area contributed by atoms with Crippen molar-refractivity contribution in [1.29, 1.82) is 0 Å². The summed E-state index contributed by atoms with van der Waals surface area (Å²) in [6.45, 7) is 1.40. The molecule has 0 spiro atoms. The van der Waals surface area contributed by atoms with Crippen LogP contribution >= 0.6 is 0 Å². The average Bonchev–Trinajstić information content (AvgIpc) is 2.99. The molecule has 1 aliphatic heterocycles. The highest BCUT2D eigenvalue weighted by Crippen LogP contribution is 2.30. The molecule has 114 valence electrons. The van der Waals surface area contributed by atoms with E-state index in [2.05, 4.69) is 16.8 Å². The molecule has 0 saturated carbocycles. The number of aromatic nitrogens is 2. The van der Waals surface area contributed by atoms with Gasteiger partial charge in [0, 0.05) is 6.42 Å². The van der Waals surface area contributed by atoms with E-state index in [1.165, 1.54) is 10.9 Å². The van der Waals surface area contributed by atoms with Gasteiger partial charge in [0.1, 0.15) is 24.0 Å². The number of carbonyl (C=O) groups is 1. The van der Waals surface area contributed by atoms with E-state index < -0.39 is 37.1 Å². The number of primary amides is 1. The number of amides is 1. The Morgan fingerprint density at radius 3 is 2.76 bits per heavy atom. The van der Waals surface area contributed by atoms with Crippen molar-refractivity contribution >= 4 is 5.91 Å². The lowest BCUT2D eigenvalue weighted by Gasteiger charge is -2.17. The summed E-state index contributed by atoms with van der Waals surface area (Å²) in [5.41, 5.74) is 5.41. The van der Waals surface area contributed by atoms with Crippen LogP contribution in [0.1, 0.15) is 35.8 Å². The molecule has 1 aromatic heterocycles. The Balaban J connectivity index is 2.42. The molecule has 0 unspecified atom stereocenters. The van der Waals surface area contributed by atoms with Crippen LogP contribution in [0.25, 0.3) is 0 Å². The van der Waals surface area contributed by atoms with Gasteiger partial charge in [-0.15, -0.1) is 0 Å². The van der Waals surface area contributed by atoms with Crippen molar-refractivity contribution in [2.45, 2.75) is 37.9 Å². The van der Waals surface area contributed by atoms with Gasteiger partial charge in [0.2, 0.25) is 0 Å². The number of aliphatic hydroxyl groups excluding tert-OH is 3. The standard InChI is InChI=1S/C13H17N3O5/c1-2-3-4-7-9(12(14)20)15-6-16(7)13-11(19)10(18)8(5-17)21-13/h6,8,10-11,13,17-19H,2,5H2,1H3,(H2,14,20)/t8-,10-,11-,13-/m1/s1. The fraction of sp³-hybridized carbons (Fsp3) is 0.538. The summed E-state index contributed by atoms with van der Waals surface area (Å²) in [5.74, 6) is 4.80. The van der Waals surface area contributed by atoms with E-state index in [4.69, 9.17) is 15.6 Å². The average molecular weight is 295 g/mol. The van der Waals surface area contributed by atoms with Gasteiger partial charge < -0.3 is 25.8 Å². The topological polar surface area (TPSA) is 131 Å². The first-order valence-electron chi connectivity index (χ1n) is 6.49. The first kappa shape index (κ1) is 15.5. The molecule has 0 aliphatic carbocycles. The highest BCUT2D eigenvalue weighted by molar-refractivity contribution is 5.93. The Labute approximate surface area is 121 Å². The van der Waals surface area contributed by atoms with Gasteiger partial charge in [0.25, 0.3) is 5.91 Å². The second kappa shape index (κ2) is 6.24. The van der Waals surface area contributed by atoms with Gasteiger partial charge in [0.05, 0.1) is 12.9 Å². The minimum Gasteiger partial charge on any atom is -0.394 e. The van der Waals surface area contributed by atoms with Gasteiger partial charge in [-0.05, 0) is 5.92 Å². The van der Waals surface area contributed by atoms with E-state index in [0.29, 0.717) is 6.42 Å². The van der Waals surface area contributed by atoms with Gasteiger partial charge >= 0.3 is 0 Å². The van der Waals surface area contributed by atoms with Crippen molar-refractivity contribution in [2.75, 3.05) is 6.61 Å². The number of imidazole rings is 1. The van der Waals surface area contributed by atoms with Crippen LogP contribution in [0.5, 0.6) is 0 Å². The van der Waals surface area contributed by atoms with E-state index in [1.807, 2.05) is 6.92 Å². The number of rotatable bonds is 3. The van der Waals surface area contributed by atoms with Gasteiger partial charge in [-0.25, -0.2) is 4.98 Å². The monoisotopic (exact) mass is 295 g/mol. The van der Waals surface area contributed by atoms with Gasteiger partial charge in [-0.2, -0.15) is 0 Å². The zero-order valence-electron chi connectivity index (χ0n) is 11.4. The van der Waals surface area contributed by atoms with Crippen molar-refractivity contribution in [3.05, 3.63) is 17.7 Å². The Hall–Kier alpha value is -1.92. The Morgan fingerprint density at radius 2 is 2.24 bits per heavy atom. The first-order chi connectivity index (χ1) is 10.0. The molecule has 4 atom stereocenters. The number of nitrogens with zero attached hydrogens (tertiary/aromatic N) is 2. The fourth-order valence-electron chi connectivity index (χ4n) is 2.14. The van der Waals surface area contributed by atoms with Crippen molar-refractivity contribution in [3.8, 4) is 11.8 Å². The summed E-state index contributed by atoms with van der Waals surface area (Å²) in [6, 6.07) is 0. The molecule has 1 aromatic rings. The zero-order valence-corrected chi connectivity index (χ0v) is 11.4. The van der Waals surface area contributed by atoms with E-state index in [9.17, 15) is 15.0 Å². The van der Waals surface area contributed by atoms with Crippen LogP contribution in [0.15, 0.2) is 6.33 Å². The van der Waals surface area contributed by atoms with Crippen LogP contribution in [0.3, 0.4) is 0 Å². The molecule has 21 heavy (non-hydrogen) atoms. The Bertz CT molecular complexity index is 588. The van der Waals surface area contributed by atoms with Crippen LogP contribution in [0, 0.1) is 11.8 Å². The summed E-state index contributed by atoms with van der Waals surface area (Å²) in [7, 11) is 0. The summed E-state index contributed by atoms with van der Waals surface area (Å²) >= 11 is 0.